The maximum atomic E-state index is 8.45. The Hall–Kier alpha value is -0.850. The molecular formula is C4H11N3O3. The average Bonchev–Trinajstić information content (AvgIpc) is 1.91. The fourth-order valence-electron chi connectivity index (χ4n) is 0.362. The molecule has 6 heteroatoms. The van der Waals surface area contributed by atoms with Crippen molar-refractivity contribution in [1.29, 1.82) is 0 Å². The second-order valence-electron chi connectivity index (χ2n) is 1.48. The highest BCUT2D eigenvalue weighted by Crippen LogP contribution is 1.81. The summed E-state index contributed by atoms with van der Waals surface area (Å²) >= 11 is 0. The first kappa shape index (κ1) is 9.15. The van der Waals surface area contributed by atoms with E-state index in [9.17, 15) is 0 Å². The van der Waals surface area contributed by atoms with E-state index in [0.717, 1.165) is 4.90 Å². The van der Waals surface area contributed by atoms with E-state index < -0.39 is 20.2 Å². The Morgan fingerprint density at radius 2 is 1.80 bits per heavy atom. The summed E-state index contributed by atoms with van der Waals surface area (Å²) < 4.78 is 0. The van der Waals surface area contributed by atoms with E-state index in [-0.39, 0.29) is 5.96 Å². The molecule has 0 bridgehead atoms. The summed E-state index contributed by atoms with van der Waals surface area (Å²) in [6.45, 7) is -1.31. The van der Waals surface area contributed by atoms with Gasteiger partial charge in [-0.2, -0.15) is 0 Å². The van der Waals surface area contributed by atoms with Gasteiger partial charge in [0.2, 0.25) is 0 Å². The third-order valence-corrected chi connectivity index (χ3v) is 0.898. The van der Waals surface area contributed by atoms with Crippen molar-refractivity contribution in [3.63, 3.8) is 0 Å². The molecule has 0 aliphatic rings. The maximum absolute atomic E-state index is 8.45. The van der Waals surface area contributed by atoms with Gasteiger partial charge >= 0.3 is 0 Å². The first-order valence-corrected chi connectivity index (χ1v) is 2.63. The highest BCUT2D eigenvalue weighted by atomic mass is 16.3. The highest BCUT2D eigenvalue weighted by molar-refractivity contribution is 5.77. The maximum Gasteiger partial charge on any atom is 0.197 e. The van der Waals surface area contributed by atoms with E-state index in [4.69, 9.17) is 21.1 Å². The topological polar surface area (TPSA) is 102 Å². The monoisotopic (exact) mass is 149 g/mol. The molecule has 6 nitrogen and oxygen atoms in total. The molecule has 0 radical (unpaired) electrons. The first-order chi connectivity index (χ1) is 4.76. The molecule has 5 N–H and O–H groups in total. The lowest BCUT2D eigenvalue weighted by Crippen LogP contribution is -2.38. The summed E-state index contributed by atoms with van der Waals surface area (Å²) in [6, 6.07) is 0. The highest BCUT2D eigenvalue weighted by Gasteiger charge is 2.01. The van der Waals surface area contributed by atoms with Gasteiger partial charge in [0.15, 0.2) is 5.96 Å². The van der Waals surface area contributed by atoms with E-state index in [2.05, 4.69) is 4.99 Å². The Labute approximate surface area is 58.2 Å². The van der Waals surface area contributed by atoms with Crippen molar-refractivity contribution < 1.29 is 15.3 Å². The minimum absolute atomic E-state index is 0.0903. The van der Waals surface area contributed by atoms with Crippen molar-refractivity contribution in [1.82, 2.24) is 4.90 Å². The number of aliphatic imine (C=N–C) groups is 1. The number of hydrogen-bond donors (Lipinski definition) is 4. The molecule has 0 saturated carbocycles. The molecule has 0 aromatic rings. The first-order valence-electron chi connectivity index (χ1n) is 2.63. The average molecular weight is 149 g/mol. The number of guanidine groups is 1. The number of hydrogen-bond acceptors (Lipinski definition) is 4. The van der Waals surface area contributed by atoms with Gasteiger partial charge in [-0.1, -0.05) is 0 Å². The lowest BCUT2D eigenvalue weighted by Gasteiger charge is -2.16. The zero-order chi connectivity index (χ0) is 7.98. The Kier molecular flexibility index (Phi) is 4.55. The predicted molar refractivity (Wildman–Crippen MR) is 34.7 cm³/mol. The Morgan fingerprint density at radius 1 is 1.30 bits per heavy atom. The summed E-state index contributed by atoms with van der Waals surface area (Å²) in [4.78, 5) is 4.30. The van der Waals surface area contributed by atoms with Gasteiger partial charge in [-0.15, -0.1) is 0 Å². The van der Waals surface area contributed by atoms with Crippen LogP contribution in [0.1, 0.15) is 0 Å². The fourth-order valence-corrected chi connectivity index (χ4v) is 0.362. The van der Waals surface area contributed by atoms with Crippen LogP contribution in [0.3, 0.4) is 0 Å². The summed E-state index contributed by atoms with van der Waals surface area (Å²) in [5, 5.41) is 25.1. The molecule has 0 aromatic carbocycles. The van der Waals surface area contributed by atoms with E-state index in [1.165, 1.54) is 0 Å². The van der Waals surface area contributed by atoms with Crippen molar-refractivity contribution in [2.75, 3.05) is 20.2 Å². The minimum atomic E-state index is -0.456. The minimum Gasteiger partial charge on any atom is -0.376 e. The Morgan fingerprint density at radius 3 is 2.10 bits per heavy atom. The molecule has 10 heavy (non-hydrogen) atoms. The molecule has 0 spiro atoms. The third kappa shape index (κ3) is 2.62. The lowest BCUT2D eigenvalue weighted by atomic mass is 10.8. The van der Waals surface area contributed by atoms with Crippen molar-refractivity contribution >= 4 is 5.96 Å². The van der Waals surface area contributed by atoms with Gasteiger partial charge in [0.1, 0.15) is 20.2 Å². The molecule has 0 fully saturated rings. The summed E-state index contributed by atoms with van der Waals surface area (Å²) in [5.41, 5.74) is 5.15. The quantitative estimate of drug-likeness (QED) is 0.201. The van der Waals surface area contributed by atoms with Crippen LogP contribution in [0, 0.1) is 0 Å². The number of aliphatic hydroxyl groups is 3. The van der Waals surface area contributed by atoms with E-state index in [1.807, 2.05) is 0 Å². The van der Waals surface area contributed by atoms with Crippen LogP contribution in [0.2, 0.25) is 0 Å². The molecule has 0 unspecified atom stereocenters. The smallest absolute Gasteiger partial charge is 0.197 e. The second kappa shape index (κ2) is 4.98. The van der Waals surface area contributed by atoms with E-state index >= 15 is 0 Å². The van der Waals surface area contributed by atoms with Gasteiger partial charge in [0.25, 0.3) is 0 Å². The molecule has 0 rings (SSSR count). The van der Waals surface area contributed by atoms with Gasteiger partial charge in [-0.3, -0.25) is 4.90 Å². The van der Waals surface area contributed by atoms with Gasteiger partial charge in [-0.05, 0) is 0 Å². The zero-order valence-corrected chi connectivity index (χ0v) is 5.43. The van der Waals surface area contributed by atoms with E-state index in [1.54, 1.807) is 0 Å². The molecule has 0 heterocycles. The number of aliphatic hydroxyl groups excluding tert-OH is 3. The van der Waals surface area contributed by atoms with Crippen LogP contribution in [0.25, 0.3) is 0 Å². The van der Waals surface area contributed by atoms with Crippen LogP contribution < -0.4 is 5.73 Å². The van der Waals surface area contributed by atoms with Crippen LogP contribution in [0.15, 0.2) is 4.99 Å². The normalized spacial score (nSPS) is 11.7. The standard InChI is InChI=1S/C4H11N3O3/c5-4(6-1-8)7(2-9)3-10/h8-10H,1-3H2,(H2,5,6). The Balaban J connectivity index is 3.87. The summed E-state index contributed by atoms with van der Waals surface area (Å²) in [6.07, 6.45) is 0. The molecule has 0 saturated heterocycles. The van der Waals surface area contributed by atoms with Crippen LogP contribution in [-0.2, 0) is 0 Å². The summed E-state index contributed by atoms with van der Waals surface area (Å²) in [5.74, 6) is -0.0903. The second-order valence-corrected chi connectivity index (χ2v) is 1.48. The molecule has 0 aliphatic carbocycles. The van der Waals surface area contributed by atoms with Crippen molar-refractivity contribution in [3.05, 3.63) is 0 Å². The third-order valence-electron chi connectivity index (χ3n) is 0.898. The zero-order valence-electron chi connectivity index (χ0n) is 5.43. The molecule has 0 amide bonds. The molecular weight excluding hydrogens is 138 g/mol. The van der Waals surface area contributed by atoms with Crippen LogP contribution in [0.4, 0.5) is 0 Å². The molecule has 0 atom stereocenters. The lowest BCUT2D eigenvalue weighted by molar-refractivity contribution is 0.0841. The van der Waals surface area contributed by atoms with Gasteiger partial charge in [0.05, 0.1) is 0 Å². The number of rotatable bonds is 3. The van der Waals surface area contributed by atoms with Crippen molar-refractivity contribution in [3.8, 4) is 0 Å². The number of nitrogens with zero attached hydrogens (tertiary/aromatic N) is 2. The van der Waals surface area contributed by atoms with Crippen molar-refractivity contribution in [2.24, 2.45) is 10.7 Å². The SMILES string of the molecule is N/C(=N\CO)N(CO)CO. The molecule has 60 valence electrons. The number of nitrogens with two attached hydrogens (primary N) is 1. The Bertz CT molecular complexity index is 112. The fraction of sp³-hybridized carbons (Fsp3) is 0.750. The largest absolute Gasteiger partial charge is 0.376 e. The molecule has 0 aromatic heterocycles. The van der Waals surface area contributed by atoms with Crippen molar-refractivity contribution in [2.45, 2.75) is 0 Å². The van der Waals surface area contributed by atoms with Gasteiger partial charge in [-0.25, -0.2) is 4.99 Å². The van der Waals surface area contributed by atoms with Crippen LogP contribution in [-0.4, -0.2) is 46.4 Å². The summed E-state index contributed by atoms with van der Waals surface area (Å²) in [7, 11) is 0. The van der Waals surface area contributed by atoms with E-state index in [0.29, 0.717) is 0 Å². The van der Waals surface area contributed by atoms with Crippen LogP contribution >= 0.6 is 0 Å². The van der Waals surface area contributed by atoms with Crippen LogP contribution in [0.5, 0.6) is 0 Å². The van der Waals surface area contributed by atoms with Gasteiger partial charge in [0, 0.05) is 0 Å². The molecule has 0 aliphatic heterocycles. The van der Waals surface area contributed by atoms with Gasteiger partial charge < -0.3 is 21.1 Å². The predicted octanol–water partition coefficient (Wildman–Crippen LogP) is -2.55.